The first-order valence-corrected chi connectivity index (χ1v) is 23.3. The molecule has 0 bridgehead atoms. The van der Waals surface area contributed by atoms with Gasteiger partial charge in [0.15, 0.2) is 0 Å². The largest absolute Gasteiger partial charge is 0.397 e. The summed E-state index contributed by atoms with van der Waals surface area (Å²) in [5, 5.41) is 9.44. The predicted molar refractivity (Wildman–Crippen MR) is 224 cm³/mol. The van der Waals surface area contributed by atoms with E-state index in [1.807, 2.05) is 0 Å². The van der Waals surface area contributed by atoms with Gasteiger partial charge in [0.25, 0.3) is 20.2 Å². The van der Waals surface area contributed by atoms with E-state index in [0.717, 1.165) is 12.1 Å². The average molecular weight is 995 g/mol. The van der Waals surface area contributed by atoms with Gasteiger partial charge in [-0.2, -0.15) is 53.4 Å². The molecule has 0 aliphatic heterocycles. The molecule has 0 fully saturated rings. The van der Waals surface area contributed by atoms with Crippen molar-refractivity contribution in [3.63, 3.8) is 0 Å². The van der Waals surface area contributed by atoms with E-state index in [9.17, 15) is 25.9 Å². The smallest absolute Gasteiger partial charge is 0.282 e. The third-order valence-corrected chi connectivity index (χ3v) is 14.0. The van der Waals surface area contributed by atoms with Crippen molar-refractivity contribution in [1.29, 1.82) is 0 Å². The number of alkyl halides is 6. The standard InChI is InChI=1S/C41H30Cl4F6N4O6S2/c42-22-6-12-34(32(44)18-22)54-38-26-10-8-24(62(56,57)58)14-20(26)16-28(38)36(52-54)30(40(46,47)48)4-2-1-3-5-31(41(49,50)51)37-29-17-21-15-25(63(59,60)61)9-11-27(21)39(29)55(53-37)35-13-7-23(43)19-33(35)45/h6-15,18-19,30-31H,1-5,16-17H2,(H,56,57,58)(H,59,60,61). The molecule has 2 N–H and O–H groups in total. The Bertz CT molecular complexity index is 2860. The lowest BCUT2D eigenvalue weighted by atomic mass is 9.91. The Kier molecular flexibility index (Phi) is 11.8. The Morgan fingerprint density at radius 2 is 0.952 bits per heavy atom. The maximum atomic E-state index is 15.1. The average Bonchev–Trinajstić information content (AvgIpc) is 3.92. The highest BCUT2D eigenvalue weighted by atomic mass is 35.5. The van der Waals surface area contributed by atoms with Crippen molar-refractivity contribution in [1.82, 2.24) is 19.6 Å². The van der Waals surface area contributed by atoms with Crippen LogP contribution in [0.3, 0.4) is 0 Å². The molecule has 8 rings (SSSR count). The van der Waals surface area contributed by atoms with Gasteiger partial charge in [-0.1, -0.05) is 77.8 Å². The van der Waals surface area contributed by atoms with Crippen LogP contribution in [0.1, 0.15) is 77.6 Å². The van der Waals surface area contributed by atoms with Crippen LogP contribution in [0, 0.1) is 0 Å². The van der Waals surface area contributed by atoms with Crippen LogP contribution in [0.15, 0.2) is 82.6 Å². The molecule has 0 amide bonds. The van der Waals surface area contributed by atoms with Gasteiger partial charge in [0, 0.05) is 45.1 Å². The monoisotopic (exact) mass is 992 g/mol. The second kappa shape index (κ2) is 16.4. The lowest BCUT2D eigenvalue weighted by molar-refractivity contribution is -0.153. The topological polar surface area (TPSA) is 144 Å². The molecule has 2 aromatic heterocycles. The highest BCUT2D eigenvalue weighted by molar-refractivity contribution is 7.86. The van der Waals surface area contributed by atoms with E-state index >= 15 is 26.3 Å². The summed E-state index contributed by atoms with van der Waals surface area (Å²) in [5.41, 5.74) is 1.67. The number of nitrogens with zero attached hydrogens (tertiary/aromatic N) is 4. The van der Waals surface area contributed by atoms with Gasteiger partial charge < -0.3 is 0 Å². The quantitative estimate of drug-likeness (QED) is 0.0699. The first-order valence-electron chi connectivity index (χ1n) is 18.9. The first-order chi connectivity index (χ1) is 29.4. The summed E-state index contributed by atoms with van der Waals surface area (Å²) >= 11 is 25.2. The molecule has 2 unspecified atom stereocenters. The second-order valence-corrected chi connectivity index (χ2v) is 19.7. The van der Waals surface area contributed by atoms with E-state index in [-0.39, 0.29) is 97.5 Å². The van der Waals surface area contributed by atoms with Crippen molar-refractivity contribution < 1.29 is 52.3 Å². The molecule has 332 valence electrons. The fraction of sp³-hybridized carbons (Fsp3) is 0.268. The van der Waals surface area contributed by atoms with Crippen LogP contribution in [0.25, 0.3) is 33.9 Å². The summed E-state index contributed by atoms with van der Waals surface area (Å²) in [4.78, 5) is -0.911. The van der Waals surface area contributed by atoms with Crippen LogP contribution in [-0.2, 0) is 33.1 Å². The molecule has 2 heterocycles. The van der Waals surface area contributed by atoms with Crippen LogP contribution >= 0.6 is 46.4 Å². The summed E-state index contributed by atoms with van der Waals surface area (Å²) < 4.78 is 160. The van der Waals surface area contributed by atoms with Crippen molar-refractivity contribution in [3.05, 3.63) is 127 Å². The lowest BCUT2D eigenvalue weighted by Gasteiger charge is -2.21. The third kappa shape index (κ3) is 8.72. The summed E-state index contributed by atoms with van der Waals surface area (Å²) in [6.45, 7) is 0. The van der Waals surface area contributed by atoms with E-state index in [4.69, 9.17) is 46.4 Å². The molecule has 6 aromatic rings. The van der Waals surface area contributed by atoms with E-state index in [1.54, 1.807) is 0 Å². The molecule has 2 atom stereocenters. The lowest BCUT2D eigenvalue weighted by Crippen LogP contribution is -2.23. The van der Waals surface area contributed by atoms with Crippen LogP contribution in [0.5, 0.6) is 0 Å². The van der Waals surface area contributed by atoms with Gasteiger partial charge >= 0.3 is 12.4 Å². The van der Waals surface area contributed by atoms with Crippen molar-refractivity contribution in [2.45, 2.75) is 78.9 Å². The van der Waals surface area contributed by atoms with Gasteiger partial charge in [-0.3, -0.25) is 9.11 Å². The van der Waals surface area contributed by atoms with Gasteiger partial charge in [0.05, 0.1) is 65.8 Å². The third-order valence-electron chi connectivity index (χ3n) is 11.2. The Labute approximate surface area is 375 Å². The number of halogens is 10. The Morgan fingerprint density at radius 1 is 0.571 bits per heavy atom. The van der Waals surface area contributed by atoms with E-state index in [1.165, 1.54) is 70.0 Å². The van der Waals surface area contributed by atoms with Crippen LogP contribution in [-0.4, -0.2) is 57.9 Å². The molecule has 0 saturated heterocycles. The fourth-order valence-corrected chi connectivity index (χ4v) is 10.5. The Hall–Kier alpha value is -4.14. The molecule has 10 nitrogen and oxygen atoms in total. The minimum absolute atomic E-state index is 0.0589. The van der Waals surface area contributed by atoms with Crippen molar-refractivity contribution in [2.75, 3.05) is 0 Å². The zero-order valence-electron chi connectivity index (χ0n) is 31.9. The zero-order chi connectivity index (χ0) is 45.6. The number of aromatic nitrogens is 4. The van der Waals surface area contributed by atoms with E-state index < -0.39 is 67.1 Å². The fourth-order valence-electron chi connectivity index (χ4n) is 8.43. The molecule has 0 saturated carbocycles. The number of hydrogen-bond acceptors (Lipinski definition) is 6. The summed E-state index contributed by atoms with van der Waals surface area (Å²) in [6, 6.07) is 15.9. The maximum absolute atomic E-state index is 15.1. The SMILES string of the molecule is O=S(=O)(O)c1ccc2c(c1)Cc1c(C(CCCCCC(c3nn(-c4ccc(Cl)cc4Cl)c4c3Cc3cc(S(=O)(=O)O)ccc3-4)C(F)(F)F)C(F)(F)F)nn(-c3ccc(Cl)cc3Cl)c1-2. The second-order valence-electron chi connectivity index (χ2n) is 15.2. The zero-order valence-corrected chi connectivity index (χ0v) is 36.6. The normalized spacial score (nSPS) is 14.7. The van der Waals surface area contributed by atoms with Gasteiger partial charge in [0.1, 0.15) is 0 Å². The van der Waals surface area contributed by atoms with E-state index in [2.05, 4.69) is 10.2 Å². The van der Waals surface area contributed by atoms with Gasteiger partial charge in [-0.15, -0.1) is 0 Å². The number of rotatable bonds is 12. The number of unbranched alkanes of at least 4 members (excludes halogenated alkanes) is 2. The van der Waals surface area contributed by atoms with Crippen LogP contribution in [0.2, 0.25) is 20.1 Å². The highest BCUT2D eigenvalue weighted by Gasteiger charge is 2.47. The molecule has 4 aromatic carbocycles. The molecule has 0 radical (unpaired) electrons. The van der Waals surface area contributed by atoms with Crippen molar-refractivity contribution >= 4 is 66.6 Å². The Morgan fingerprint density at radius 3 is 1.29 bits per heavy atom. The molecule has 22 heteroatoms. The molecule has 2 aliphatic rings. The van der Waals surface area contributed by atoms with Crippen LogP contribution < -0.4 is 0 Å². The summed E-state index contributed by atoms with van der Waals surface area (Å²) in [7, 11) is -9.32. The molecule has 0 spiro atoms. The van der Waals surface area contributed by atoms with E-state index in [0.29, 0.717) is 22.3 Å². The van der Waals surface area contributed by atoms with Gasteiger partial charge in [0.2, 0.25) is 0 Å². The summed E-state index contributed by atoms with van der Waals surface area (Å²) in [5.74, 6) is -4.39. The molecule has 63 heavy (non-hydrogen) atoms. The summed E-state index contributed by atoms with van der Waals surface area (Å²) in [6.07, 6.45) is -11.6. The van der Waals surface area contributed by atoms with Crippen molar-refractivity contribution in [2.24, 2.45) is 0 Å². The van der Waals surface area contributed by atoms with Gasteiger partial charge in [-0.25, -0.2) is 9.36 Å². The number of benzene rings is 4. The highest BCUT2D eigenvalue weighted by Crippen LogP contribution is 2.50. The Balaban J connectivity index is 1.09. The maximum Gasteiger partial charge on any atom is 0.397 e. The van der Waals surface area contributed by atoms with Gasteiger partial charge in [-0.05, 0) is 84.6 Å². The molecular weight excluding hydrogens is 964 g/mol. The molecular formula is C41H30Cl4F6N4O6S2. The minimum Gasteiger partial charge on any atom is -0.282 e. The minimum atomic E-state index is -4.87. The van der Waals surface area contributed by atoms with Crippen molar-refractivity contribution in [3.8, 4) is 33.9 Å². The first kappa shape index (κ1) is 45.4. The number of hydrogen-bond donors (Lipinski definition) is 2. The molecule has 2 aliphatic carbocycles. The number of fused-ring (bicyclic) bond motifs is 6. The predicted octanol–water partition coefficient (Wildman–Crippen LogP) is 12.2. The van der Waals surface area contributed by atoms with Crippen LogP contribution in [0.4, 0.5) is 26.3 Å².